The largest absolute Gasteiger partial charge is 1.00 e. The SMILES string of the molecule is O=C(OC1CC2CCC(C1)[N+]21CCCC1)C(O)(c1ccccc1)[13c]1[13cH][13cH][13cH][13cH][13cH]1.[Cl-]. The van der Waals surface area contributed by atoms with Gasteiger partial charge < -0.3 is 26.7 Å². The standard InChI is InChI=1S/C25H30NO3.ClH/c27-24(25(28,19-9-3-1-4-10-19)20-11-5-2-6-12-20)29-23-17-21-13-14-22(18-23)26(21)15-7-8-16-26;/h1-6,9-12,21-23,28H,7-8,13-18H2;1H/q+1;/p-1/i1+1,3+1,4+1,9+1,10+1,19+1;. The van der Waals surface area contributed by atoms with E-state index in [1.54, 1.807) is 24.3 Å². The molecule has 160 valence electrons. The summed E-state index contributed by atoms with van der Waals surface area (Å²) in [6.45, 7) is 2.60. The zero-order valence-corrected chi connectivity index (χ0v) is 18.0. The first-order chi connectivity index (χ1) is 14.1. The van der Waals surface area contributed by atoms with Gasteiger partial charge in [0.15, 0.2) is 0 Å². The molecule has 3 aliphatic heterocycles. The number of benzene rings is 2. The van der Waals surface area contributed by atoms with E-state index < -0.39 is 11.6 Å². The van der Waals surface area contributed by atoms with Crippen LogP contribution in [-0.2, 0) is 15.1 Å². The van der Waals surface area contributed by atoms with Crippen molar-refractivity contribution >= 4 is 5.97 Å². The van der Waals surface area contributed by atoms with Crippen LogP contribution in [0.3, 0.4) is 0 Å². The molecule has 3 fully saturated rings. The van der Waals surface area contributed by atoms with E-state index in [1.807, 2.05) is 36.4 Å². The van der Waals surface area contributed by atoms with Crippen molar-refractivity contribution in [1.29, 1.82) is 0 Å². The average molecular weight is 434 g/mol. The quantitative estimate of drug-likeness (QED) is 0.572. The van der Waals surface area contributed by atoms with Crippen molar-refractivity contribution in [2.24, 2.45) is 0 Å². The Balaban J connectivity index is 0.00000218. The van der Waals surface area contributed by atoms with Crippen molar-refractivity contribution in [2.45, 2.75) is 62.3 Å². The van der Waals surface area contributed by atoms with Gasteiger partial charge in [-0.15, -0.1) is 0 Å². The molecule has 3 heterocycles. The van der Waals surface area contributed by atoms with Crippen LogP contribution in [-0.4, -0.2) is 46.8 Å². The van der Waals surface area contributed by atoms with Gasteiger partial charge in [-0.3, -0.25) is 0 Å². The number of halogens is 1. The summed E-state index contributed by atoms with van der Waals surface area (Å²) in [6, 6.07) is 19.6. The van der Waals surface area contributed by atoms with Crippen LogP contribution in [0.25, 0.3) is 0 Å². The Morgan fingerprint density at radius 2 is 1.33 bits per heavy atom. The molecule has 1 N–H and O–H groups in total. The van der Waals surface area contributed by atoms with Crippen LogP contribution in [0.15, 0.2) is 60.7 Å². The number of ether oxygens (including phenoxy) is 1. The lowest BCUT2D eigenvalue weighted by molar-refractivity contribution is -0.956. The van der Waals surface area contributed by atoms with Gasteiger partial charge in [-0.1, -0.05) is 60.7 Å². The first-order valence-electron chi connectivity index (χ1n) is 11.0. The smallest absolute Gasteiger partial charge is 0.347 e. The van der Waals surface area contributed by atoms with Crippen molar-refractivity contribution in [1.82, 2.24) is 0 Å². The highest BCUT2D eigenvalue weighted by Gasteiger charge is 2.56. The number of hydrogen-bond acceptors (Lipinski definition) is 3. The van der Waals surface area contributed by atoms with Gasteiger partial charge in [-0.05, 0) is 11.1 Å². The number of esters is 1. The molecule has 2 aromatic rings. The number of hydrogen-bond donors (Lipinski definition) is 1. The summed E-state index contributed by atoms with van der Waals surface area (Å²) in [6.07, 6.45) is 6.94. The molecule has 3 aliphatic rings. The van der Waals surface area contributed by atoms with E-state index in [0.717, 1.165) is 12.8 Å². The molecule has 2 aromatic carbocycles. The summed E-state index contributed by atoms with van der Waals surface area (Å²) in [5.74, 6) is -0.547. The van der Waals surface area contributed by atoms with Crippen molar-refractivity contribution in [3.8, 4) is 0 Å². The van der Waals surface area contributed by atoms with E-state index >= 15 is 0 Å². The molecule has 5 heteroatoms. The van der Waals surface area contributed by atoms with Gasteiger partial charge in [0.1, 0.15) is 6.10 Å². The summed E-state index contributed by atoms with van der Waals surface area (Å²) in [5, 5.41) is 11.6. The van der Waals surface area contributed by atoms with E-state index in [1.165, 1.54) is 43.3 Å². The summed E-state index contributed by atoms with van der Waals surface area (Å²) >= 11 is 0. The third-order valence-electron chi connectivity index (χ3n) is 7.71. The minimum Gasteiger partial charge on any atom is -1.00 e. The van der Waals surface area contributed by atoms with Crippen LogP contribution in [0, 0.1) is 0 Å². The van der Waals surface area contributed by atoms with Gasteiger partial charge in [-0.25, -0.2) is 4.79 Å². The summed E-state index contributed by atoms with van der Waals surface area (Å²) in [4.78, 5) is 13.4. The molecule has 5 rings (SSSR count). The number of aliphatic hydroxyl groups is 1. The Morgan fingerprint density at radius 1 is 0.867 bits per heavy atom. The lowest BCUT2D eigenvalue weighted by Crippen LogP contribution is -3.00. The lowest BCUT2D eigenvalue weighted by Gasteiger charge is -2.47. The second-order valence-electron chi connectivity index (χ2n) is 9.08. The highest BCUT2D eigenvalue weighted by Crippen LogP contribution is 2.46. The third kappa shape index (κ3) is 3.35. The number of carbonyl (C=O) groups is 1. The molecule has 3 saturated heterocycles. The average Bonchev–Trinajstić information content (AvgIpc) is 3.31. The Kier molecular flexibility index (Phi) is 5.93. The summed E-state index contributed by atoms with van der Waals surface area (Å²) < 4.78 is 7.32. The number of quaternary nitrogens is 1. The molecule has 3 atom stereocenters. The Morgan fingerprint density at radius 3 is 1.80 bits per heavy atom. The Labute approximate surface area is 184 Å². The van der Waals surface area contributed by atoms with Crippen LogP contribution >= 0.6 is 0 Å². The maximum atomic E-state index is 13.4. The van der Waals surface area contributed by atoms with Crippen LogP contribution in [0.4, 0.5) is 0 Å². The van der Waals surface area contributed by atoms with Gasteiger partial charge in [-0.2, -0.15) is 0 Å². The molecule has 1 spiro atoms. The normalized spacial score (nSPS) is 28.5. The number of nitrogens with zero attached hydrogens (tertiary/aromatic N) is 1. The fourth-order valence-corrected chi connectivity index (χ4v) is 6.30. The maximum absolute atomic E-state index is 13.4. The first-order valence-corrected chi connectivity index (χ1v) is 11.0. The number of rotatable bonds is 4. The molecular weight excluding hydrogens is 404 g/mol. The zero-order valence-electron chi connectivity index (χ0n) is 17.3. The lowest BCUT2D eigenvalue weighted by atomic mass is 9.95. The fraction of sp³-hybridized carbons (Fsp3) is 0.480. The molecule has 4 nitrogen and oxygen atoms in total. The Hall–Kier alpha value is -1.88. The van der Waals surface area contributed by atoms with Gasteiger partial charge in [0.2, 0.25) is 5.60 Å². The molecule has 0 aromatic heterocycles. The van der Waals surface area contributed by atoms with E-state index in [-0.39, 0.29) is 18.5 Å². The minimum absolute atomic E-state index is 0. The van der Waals surface area contributed by atoms with Gasteiger partial charge in [0.25, 0.3) is 0 Å². The first kappa shape index (κ1) is 21.4. The van der Waals surface area contributed by atoms with Crippen LogP contribution < -0.4 is 12.4 Å². The van der Waals surface area contributed by atoms with E-state index in [0.29, 0.717) is 23.2 Å². The fourth-order valence-electron chi connectivity index (χ4n) is 6.30. The molecule has 3 unspecified atom stereocenters. The summed E-state index contributed by atoms with van der Waals surface area (Å²) in [5.41, 5.74) is -0.671. The van der Waals surface area contributed by atoms with E-state index in [4.69, 9.17) is 4.74 Å². The van der Waals surface area contributed by atoms with Crippen LogP contribution in [0.1, 0.15) is 49.7 Å². The van der Waals surface area contributed by atoms with Gasteiger partial charge >= 0.3 is 5.97 Å². The molecule has 2 bridgehead atoms. The monoisotopic (exact) mass is 433 g/mol. The van der Waals surface area contributed by atoms with Crippen molar-refractivity contribution in [3.63, 3.8) is 0 Å². The molecule has 0 aliphatic carbocycles. The highest BCUT2D eigenvalue weighted by molar-refractivity contribution is 5.85. The van der Waals surface area contributed by atoms with Crippen molar-refractivity contribution < 1.29 is 31.5 Å². The maximum Gasteiger partial charge on any atom is 0.347 e. The topological polar surface area (TPSA) is 46.5 Å². The zero-order chi connectivity index (χ0) is 19.9. The minimum atomic E-state index is -1.78. The predicted molar refractivity (Wildman–Crippen MR) is 111 cm³/mol. The van der Waals surface area contributed by atoms with E-state index in [9.17, 15) is 9.90 Å². The molecule has 0 radical (unpaired) electrons. The van der Waals surface area contributed by atoms with Crippen molar-refractivity contribution in [3.05, 3.63) is 71.8 Å². The molecule has 30 heavy (non-hydrogen) atoms. The highest BCUT2D eigenvalue weighted by atomic mass is 35.5. The van der Waals surface area contributed by atoms with Crippen LogP contribution in [0.2, 0.25) is 0 Å². The van der Waals surface area contributed by atoms with Crippen LogP contribution in [0.5, 0.6) is 0 Å². The van der Waals surface area contributed by atoms with E-state index in [2.05, 4.69) is 0 Å². The second-order valence-corrected chi connectivity index (χ2v) is 9.08. The third-order valence-corrected chi connectivity index (χ3v) is 7.71. The molecule has 0 saturated carbocycles. The molecule has 0 amide bonds. The molecular formula is C25H30ClNO3. The van der Waals surface area contributed by atoms with Gasteiger partial charge in [0, 0.05) is 38.5 Å². The Bertz CT molecular complexity index is 811. The van der Waals surface area contributed by atoms with Crippen molar-refractivity contribution in [2.75, 3.05) is 13.1 Å². The number of carbonyl (C=O) groups excluding carboxylic acids is 1. The predicted octanol–water partition coefficient (Wildman–Crippen LogP) is 0.774. The second kappa shape index (κ2) is 8.33. The number of piperidine rings is 1. The van der Waals surface area contributed by atoms with Gasteiger partial charge in [0.05, 0.1) is 25.2 Å². The summed E-state index contributed by atoms with van der Waals surface area (Å²) in [7, 11) is 0.